The first-order valence-corrected chi connectivity index (χ1v) is 7.09. The minimum absolute atomic E-state index is 0.557. The van der Waals surface area contributed by atoms with E-state index in [0.29, 0.717) is 27.6 Å². The molecule has 0 bridgehead atoms. The summed E-state index contributed by atoms with van der Waals surface area (Å²) in [5.74, 6) is 1.20. The molecule has 0 aliphatic carbocycles. The zero-order valence-electron chi connectivity index (χ0n) is 11.1. The van der Waals surface area contributed by atoms with Gasteiger partial charge in [0.05, 0.1) is 19.2 Å². The number of benzene rings is 2. The van der Waals surface area contributed by atoms with Crippen LogP contribution in [-0.4, -0.2) is 19.3 Å². The summed E-state index contributed by atoms with van der Waals surface area (Å²) >= 11 is 9.38. The van der Waals surface area contributed by atoms with Gasteiger partial charge in [0.2, 0.25) is 0 Å². The van der Waals surface area contributed by atoms with E-state index < -0.39 is 6.10 Å². The minimum Gasteiger partial charge on any atom is -0.493 e. The van der Waals surface area contributed by atoms with Crippen molar-refractivity contribution in [2.45, 2.75) is 6.10 Å². The molecule has 0 aliphatic rings. The lowest BCUT2D eigenvalue weighted by Gasteiger charge is -2.15. The molecule has 2 aromatic carbocycles. The topological polar surface area (TPSA) is 38.7 Å². The molecule has 5 heteroatoms. The van der Waals surface area contributed by atoms with Crippen molar-refractivity contribution in [3.8, 4) is 11.5 Å². The molecule has 2 rings (SSSR count). The second-order valence-electron chi connectivity index (χ2n) is 4.19. The molecule has 106 valence electrons. The summed E-state index contributed by atoms with van der Waals surface area (Å²) in [5, 5.41) is 11.0. The van der Waals surface area contributed by atoms with Gasteiger partial charge < -0.3 is 14.6 Å². The van der Waals surface area contributed by atoms with Crippen LogP contribution in [0, 0.1) is 0 Å². The van der Waals surface area contributed by atoms with Crippen molar-refractivity contribution >= 4 is 27.5 Å². The number of halogens is 2. The van der Waals surface area contributed by atoms with Gasteiger partial charge in [0.25, 0.3) is 0 Å². The van der Waals surface area contributed by atoms with Crippen LogP contribution in [0.2, 0.25) is 5.02 Å². The third-order valence-electron chi connectivity index (χ3n) is 2.98. The van der Waals surface area contributed by atoms with Crippen molar-refractivity contribution < 1.29 is 14.6 Å². The van der Waals surface area contributed by atoms with E-state index in [1.807, 2.05) is 12.1 Å². The normalized spacial score (nSPS) is 12.1. The zero-order chi connectivity index (χ0) is 14.7. The quantitative estimate of drug-likeness (QED) is 0.891. The summed E-state index contributed by atoms with van der Waals surface area (Å²) in [7, 11) is 3.13. The molecular weight excluding hydrogens is 344 g/mol. The van der Waals surface area contributed by atoms with Crippen molar-refractivity contribution in [3.05, 3.63) is 57.0 Å². The number of hydrogen-bond donors (Lipinski definition) is 1. The van der Waals surface area contributed by atoms with Crippen molar-refractivity contribution in [1.82, 2.24) is 0 Å². The average molecular weight is 358 g/mol. The lowest BCUT2D eigenvalue weighted by Crippen LogP contribution is -2.01. The fraction of sp³-hybridized carbons (Fsp3) is 0.200. The van der Waals surface area contributed by atoms with Gasteiger partial charge in [-0.05, 0) is 51.3 Å². The molecule has 0 fully saturated rings. The number of aliphatic hydroxyl groups excluding tert-OH is 1. The van der Waals surface area contributed by atoms with E-state index in [9.17, 15) is 5.11 Å². The Morgan fingerprint density at radius 2 is 1.60 bits per heavy atom. The van der Waals surface area contributed by atoms with E-state index in [1.54, 1.807) is 38.5 Å². The van der Waals surface area contributed by atoms with E-state index in [4.69, 9.17) is 21.1 Å². The van der Waals surface area contributed by atoms with Crippen LogP contribution in [0.15, 0.2) is 40.9 Å². The van der Waals surface area contributed by atoms with Gasteiger partial charge in [-0.15, -0.1) is 0 Å². The summed E-state index contributed by atoms with van der Waals surface area (Å²) in [5.41, 5.74) is 1.42. The van der Waals surface area contributed by atoms with E-state index >= 15 is 0 Å². The highest BCUT2D eigenvalue weighted by atomic mass is 79.9. The molecule has 0 amide bonds. The first-order valence-electron chi connectivity index (χ1n) is 5.91. The molecule has 0 aliphatic heterocycles. The third-order valence-corrected chi connectivity index (χ3v) is 4.22. The number of aliphatic hydroxyl groups is 1. The Balaban J connectivity index is 2.37. The highest BCUT2D eigenvalue weighted by Crippen LogP contribution is 2.33. The summed E-state index contributed by atoms with van der Waals surface area (Å²) in [6.07, 6.45) is -0.777. The largest absolute Gasteiger partial charge is 0.493 e. The SMILES string of the molecule is COc1ccc(C(O)c2ccc(Br)c(Cl)c2)cc1OC. The number of ether oxygens (including phenoxy) is 2. The molecule has 0 radical (unpaired) electrons. The molecule has 0 spiro atoms. The highest BCUT2D eigenvalue weighted by Gasteiger charge is 2.14. The van der Waals surface area contributed by atoms with Gasteiger partial charge in [-0.2, -0.15) is 0 Å². The molecule has 1 N–H and O–H groups in total. The first kappa shape index (κ1) is 15.2. The van der Waals surface area contributed by atoms with Gasteiger partial charge >= 0.3 is 0 Å². The van der Waals surface area contributed by atoms with Crippen LogP contribution in [0.4, 0.5) is 0 Å². The van der Waals surface area contributed by atoms with Crippen LogP contribution in [-0.2, 0) is 0 Å². The number of methoxy groups -OCH3 is 2. The van der Waals surface area contributed by atoms with Gasteiger partial charge in [0, 0.05) is 4.47 Å². The maximum absolute atomic E-state index is 10.4. The molecular formula is C15H14BrClO3. The van der Waals surface area contributed by atoms with Crippen molar-refractivity contribution in [1.29, 1.82) is 0 Å². The summed E-state index contributed by atoms with van der Waals surface area (Å²) < 4.78 is 11.2. The smallest absolute Gasteiger partial charge is 0.161 e. The van der Waals surface area contributed by atoms with Crippen LogP contribution >= 0.6 is 27.5 Å². The van der Waals surface area contributed by atoms with Gasteiger partial charge in [-0.1, -0.05) is 23.7 Å². The molecule has 2 aromatic rings. The van der Waals surface area contributed by atoms with Crippen LogP contribution in [0.3, 0.4) is 0 Å². The second-order valence-corrected chi connectivity index (χ2v) is 5.45. The fourth-order valence-electron chi connectivity index (χ4n) is 1.90. The predicted octanol–water partition coefficient (Wildman–Crippen LogP) is 4.20. The zero-order valence-corrected chi connectivity index (χ0v) is 13.4. The lowest BCUT2D eigenvalue weighted by molar-refractivity contribution is 0.219. The van der Waals surface area contributed by atoms with Gasteiger partial charge in [0.1, 0.15) is 6.10 Å². The summed E-state index contributed by atoms with van der Waals surface area (Å²) in [4.78, 5) is 0. The molecule has 1 atom stereocenters. The van der Waals surface area contributed by atoms with Gasteiger partial charge in [-0.25, -0.2) is 0 Å². The fourth-order valence-corrected chi connectivity index (χ4v) is 2.33. The van der Waals surface area contributed by atoms with Crippen molar-refractivity contribution in [3.63, 3.8) is 0 Å². The van der Waals surface area contributed by atoms with Crippen molar-refractivity contribution in [2.24, 2.45) is 0 Å². The molecule has 20 heavy (non-hydrogen) atoms. The van der Waals surface area contributed by atoms with E-state index in [2.05, 4.69) is 15.9 Å². The Morgan fingerprint density at radius 3 is 2.20 bits per heavy atom. The predicted molar refractivity (Wildman–Crippen MR) is 82.8 cm³/mol. The van der Waals surface area contributed by atoms with Gasteiger partial charge in [0.15, 0.2) is 11.5 Å². The molecule has 0 saturated heterocycles. The Morgan fingerprint density at radius 1 is 1.00 bits per heavy atom. The van der Waals surface area contributed by atoms with Crippen LogP contribution in [0.25, 0.3) is 0 Å². The van der Waals surface area contributed by atoms with E-state index in [1.165, 1.54) is 0 Å². The van der Waals surface area contributed by atoms with Crippen LogP contribution in [0.1, 0.15) is 17.2 Å². The lowest BCUT2D eigenvalue weighted by atomic mass is 10.0. The summed E-state index contributed by atoms with van der Waals surface area (Å²) in [6, 6.07) is 10.7. The van der Waals surface area contributed by atoms with E-state index in [0.717, 1.165) is 4.47 Å². The maximum atomic E-state index is 10.4. The Hall–Kier alpha value is -1.23. The molecule has 1 unspecified atom stereocenters. The molecule has 0 saturated carbocycles. The molecule has 0 heterocycles. The number of hydrogen-bond acceptors (Lipinski definition) is 3. The van der Waals surface area contributed by atoms with Gasteiger partial charge in [-0.3, -0.25) is 0 Å². The Kier molecular flexibility index (Phi) is 4.91. The standard InChI is InChI=1S/C15H14BrClO3/c1-19-13-6-4-10(8-14(13)20-2)15(18)9-3-5-11(16)12(17)7-9/h3-8,15,18H,1-2H3. The Bertz CT molecular complexity index is 616. The second kappa shape index (κ2) is 6.48. The first-order chi connectivity index (χ1) is 9.56. The Labute approximate surface area is 131 Å². The summed E-state index contributed by atoms with van der Waals surface area (Å²) in [6.45, 7) is 0. The molecule has 0 aromatic heterocycles. The minimum atomic E-state index is -0.777. The van der Waals surface area contributed by atoms with Crippen molar-refractivity contribution in [2.75, 3.05) is 14.2 Å². The average Bonchev–Trinajstić information content (AvgIpc) is 2.48. The molecule has 3 nitrogen and oxygen atoms in total. The van der Waals surface area contributed by atoms with E-state index in [-0.39, 0.29) is 0 Å². The van der Waals surface area contributed by atoms with Crippen LogP contribution < -0.4 is 9.47 Å². The third kappa shape index (κ3) is 3.08. The van der Waals surface area contributed by atoms with Crippen LogP contribution in [0.5, 0.6) is 11.5 Å². The highest BCUT2D eigenvalue weighted by molar-refractivity contribution is 9.10. The monoisotopic (exact) mass is 356 g/mol. The maximum Gasteiger partial charge on any atom is 0.161 e. The number of rotatable bonds is 4.